The molecule has 1 saturated heterocycles. The molecule has 3 aliphatic rings. The number of fused-ring (bicyclic) bond motifs is 1. The molecule has 1 aliphatic carbocycles. The van der Waals surface area contributed by atoms with Crippen LogP contribution in [0.15, 0.2) is 28.0 Å². The quantitative estimate of drug-likeness (QED) is 0.740. The van der Waals surface area contributed by atoms with E-state index in [4.69, 9.17) is 33.9 Å². The van der Waals surface area contributed by atoms with Crippen LogP contribution >= 0.6 is 23.2 Å². The zero-order valence-electron chi connectivity index (χ0n) is 17.9. The van der Waals surface area contributed by atoms with Crippen molar-refractivity contribution in [2.75, 3.05) is 18.0 Å². The third-order valence-electron chi connectivity index (χ3n) is 7.63. The van der Waals surface area contributed by atoms with Gasteiger partial charge in [0.05, 0.1) is 33.6 Å². The zero-order valence-corrected chi connectivity index (χ0v) is 19.4. The van der Waals surface area contributed by atoms with E-state index >= 15 is 0 Å². The molecular weight excluding hydrogens is 433 g/mol. The van der Waals surface area contributed by atoms with Crippen molar-refractivity contribution in [1.29, 1.82) is 0 Å². The lowest BCUT2D eigenvalue weighted by Gasteiger charge is -2.43. The Morgan fingerprint density at radius 2 is 1.94 bits per heavy atom. The predicted molar refractivity (Wildman–Crippen MR) is 126 cm³/mol. The molecular formula is C23H27Cl2N5O. The van der Waals surface area contributed by atoms with Crippen LogP contribution in [0.2, 0.25) is 10.0 Å². The van der Waals surface area contributed by atoms with E-state index in [1.165, 1.54) is 12.8 Å². The summed E-state index contributed by atoms with van der Waals surface area (Å²) in [5.74, 6) is 1.30. The van der Waals surface area contributed by atoms with Gasteiger partial charge < -0.3 is 10.6 Å². The number of hydrogen-bond acceptors (Lipinski definition) is 5. The minimum Gasteiger partial charge on any atom is -0.342 e. The number of benzene rings is 1. The van der Waals surface area contributed by atoms with E-state index in [0.717, 1.165) is 25.9 Å². The molecule has 5 rings (SSSR count). The fourth-order valence-corrected chi connectivity index (χ4v) is 6.00. The molecule has 1 spiro atoms. The molecule has 31 heavy (non-hydrogen) atoms. The van der Waals surface area contributed by atoms with Crippen molar-refractivity contribution in [3.8, 4) is 0 Å². The summed E-state index contributed by atoms with van der Waals surface area (Å²) in [5.41, 5.74) is 9.18. The van der Waals surface area contributed by atoms with Crippen molar-refractivity contribution in [2.45, 2.75) is 45.2 Å². The normalized spacial score (nSPS) is 24.5. The molecule has 164 valence electrons. The van der Waals surface area contributed by atoms with Crippen molar-refractivity contribution >= 4 is 34.9 Å². The Hall–Kier alpha value is -1.89. The summed E-state index contributed by atoms with van der Waals surface area (Å²) in [6.07, 6.45) is 4.51. The molecule has 1 aromatic carbocycles. The Morgan fingerprint density at radius 3 is 2.61 bits per heavy atom. The molecule has 2 aromatic rings. The Kier molecular flexibility index (Phi) is 5.15. The lowest BCUT2D eigenvalue weighted by molar-refractivity contribution is 0.185. The molecule has 0 amide bonds. The first-order valence-electron chi connectivity index (χ1n) is 10.9. The second-order valence-corrected chi connectivity index (χ2v) is 10.0. The number of aliphatic imine (C=N–C) groups is 1. The number of halogens is 2. The summed E-state index contributed by atoms with van der Waals surface area (Å²) in [4.78, 5) is 25.1. The van der Waals surface area contributed by atoms with Gasteiger partial charge in [-0.25, -0.2) is 4.98 Å². The van der Waals surface area contributed by atoms with Gasteiger partial charge in [0.2, 0.25) is 5.95 Å². The Labute approximate surface area is 192 Å². The number of anilines is 1. The van der Waals surface area contributed by atoms with E-state index < -0.39 is 0 Å². The number of nitrogens with zero attached hydrogens (tertiary/aromatic N) is 4. The predicted octanol–water partition coefficient (Wildman–Crippen LogP) is 3.78. The summed E-state index contributed by atoms with van der Waals surface area (Å²) in [7, 11) is 1.79. The molecule has 8 heteroatoms. The molecule has 0 radical (unpaired) electrons. The molecule has 2 atom stereocenters. The van der Waals surface area contributed by atoms with Crippen LogP contribution in [0.1, 0.15) is 49.4 Å². The number of hydrogen-bond donors (Lipinski definition) is 1. The van der Waals surface area contributed by atoms with Gasteiger partial charge in [-0.2, -0.15) is 0 Å². The number of rotatable bonds is 2. The maximum absolute atomic E-state index is 13.4. The molecule has 0 bridgehead atoms. The number of aromatic nitrogens is 2. The molecule has 6 nitrogen and oxygen atoms in total. The first-order valence-corrected chi connectivity index (χ1v) is 11.7. The van der Waals surface area contributed by atoms with E-state index in [1.807, 2.05) is 12.1 Å². The van der Waals surface area contributed by atoms with Crippen LogP contribution in [0.3, 0.4) is 0 Å². The highest BCUT2D eigenvalue weighted by Gasteiger charge is 2.46. The first kappa shape index (κ1) is 21.0. The van der Waals surface area contributed by atoms with Gasteiger partial charge in [-0.1, -0.05) is 42.3 Å². The SMILES string of the molecule is C[C@@H]1CCC2(CCN(c3nc4c(c(=O)n3C)C(c3cccc(Cl)c3Cl)=NC4)CC2)[C@@H]1N. The fraction of sp³-hybridized carbons (Fsp3) is 0.522. The summed E-state index contributed by atoms with van der Waals surface area (Å²) < 4.78 is 1.65. The minimum atomic E-state index is -0.0984. The number of nitrogens with two attached hydrogens (primary N) is 1. The van der Waals surface area contributed by atoms with Gasteiger partial charge in [-0.05, 0) is 43.1 Å². The fourth-order valence-electron chi connectivity index (χ4n) is 5.61. The van der Waals surface area contributed by atoms with E-state index in [-0.39, 0.29) is 17.0 Å². The minimum absolute atomic E-state index is 0.0984. The molecule has 2 N–H and O–H groups in total. The van der Waals surface area contributed by atoms with Crippen molar-refractivity contribution in [3.05, 3.63) is 55.4 Å². The first-order chi connectivity index (χ1) is 14.8. The van der Waals surface area contributed by atoms with Crippen LogP contribution in [0.4, 0.5) is 5.95 Å². The van der Waals surface area contributed by atoms with Gasteiger partial charge >= 0.3 is 0 Å². The van der Waals surface area contributed by atoms with Gasteiger partial charge in [0.25, 0.3) is 5.56 Å². The van der Waals surface area contributed by atoms with Crippen LogP contribution in [0, 0.1) is 11.3 Å². The van der Waals surface area contributed by atoms with Gasteiger partial charge in [0, 0.05) is 31.7 Å². The highest BCUT2D eigenvalue weighted by molar-refractivity contribution is 6.44. The highest BCUT2D eigenvalue weighted by atomic mass is 35.5. The summed E-state index contributed by atoms with van der Waals surface area (Å²) in [6.45, 7) is 4.37. The highest BCUT2D eigenvalue weighted by Crippen LogP contribution is 2.48. The average Bonchev–Trinajstić information content (AvgIpc) is 3.31. The van der Waals surface area contributed by atoms with E-state index in [9.17, 15) is 4.79 Å². The van der Waals surface area contributed by atoms with Gasteiger partial charge in [-0.3, -0.25) is 14.4 Å². The summed E-state index contributed by atoms with van der Waals surface area (Å²) in [5, 5.41) is 0.851. The zero-order chi connectivity index (χ0) is 21.9. The lowest BCUT2D eigenvalue weighted by atomic mass is 9.73. The smallest absolute Gasteiger partial charge is 0.264 e. The van der Waals surface area contributed by atoms with Crippen molar-refractivity contribution in [1.82, 2.24) is 9.55 Å². The summed E-state index contributed by atoms with van der Waals surface area (Å²) >= 11 is 12.6. The third kappa shape index (κ3) is 3.22. The van der Waals surface area contributed by atoms with Crippen molar-refractivity contribution in [3.63, 3.8) is 0 Å². The van der Waals surface area contributed by atoms with Crippen LogP contribution in [0.25, 0.3) is 0 Å². The molecule has 1 saturated carbocycles. The van der Waals surface area contributed by atoms with Crippen molar-refractivity contribution in [2.24, 2.45) is 29.1 Å². The Bertz CT molecular complexity index is 1130. The van der Waals surface area contributed by atoms with Crippen LogP contribution in [-0.2, 0) is 13.6 Å². The van der Waals surface area contributed by atoms with E-state index in [0.29, 0.717) is 51.0 Å². The summed E-state index contributed by atoms with van der Waals surface area (Å²) in [6, 6.07) is 5.65. The Balaban J connectivity index is 1.45. The lowest BCUT2D eigenvalue weighted by Crippen LogP contribution is -2.49. The van der Waals surface area contributed by atoms with Gasteiger partial charge in [-0.15, -0.1) is 0 Å². The van der Waals surface area contributed by atoms with E-state index in [1.54, 1.807) is 17.7 Å². The topological polar surface area (TPSA) is 76.5 Å². The van der Waals surface area contributed by atoms with Crippen LogP contribution in [-0.4, -0.2) is 34.4 Å². The van der Waals surface area contributed by atoms with Crippen LogP contribution < -0.4 is 16.2 Å². The largest absolute Gasteiger partial charge is 0.342 e. The monoisotopic (exact) mass is 459 g/mol. The molecule has 1 aromatic heterocycles. The molecule has 2 aliphatic heterocycles. The maximum atomic E-state index is 13.4. The standard InChI is InChI=1S/C23H27Cl2N5O/c1-13-6-7-23(20(13)26)8-10-30(11-9-23)22-28-16-12-27-19(17(16)21(31)29(22)2)14-4-3-5-15(24)18(14)25/h3-5,13,20H,6-12,26H2,1-2H3/t13-,20-/m1/s1. The van der Waals surface area contributed by atoms with Crippen molar-refractivity contribution < 1.29 is 0 Å². The van der Waals surface area contributed by atoms with E-state index in [2.05, 4.69) is 16.8 Å². The van der Waals surface area contributed by atoms with Crippen LogP contribution in [0.5, 0.6) is 0 Å². The average molecular weight is 460 g/mol. The number of piperidine rings is 1. The third-order valence-corrected chi connectivity index (χ3v) is 8.45. The maximum Gasteiger partial charge on any atom is 0.264 e. The molecule has 3 heterocycles. The second kappa shape index (κ2) is 7.61. The Morgan fingerprint density at radius 1 is 1.19 bits per heavy atom. The molecule has 0 unspecified atom stereocenters. The second-order valence-electron chi connectivity index (χ2n) is 9.26. The van der Waals surface area contributed by atoms with Gasteiger partial charge in [0.1, 0.15) is 0 Å². The van der Waals surface area contributed by atoms with Gasteiger partial charge in [0.15, 0.2) is 0 Å². The molecule has 2 fully saturated rings.